The zero-order chi connectivity index (χ0) is 14.2. The molecule has 1 saturated heterocycles. The lowest BCUT2D eigenvalue weighted by Crippen LogP contribution is -2.36. The second kappa shape index (κ2) is 5.35. The Hall–Kier alpha value is -1.32. The highest BCUT2D eigenvalue weighted by atomic mass is 15.3. The van der Waals surface area contributed by atoms with Crippen LogP contribution >= 0.6 is 0 Å². The number of hydrogen-bond acceptors (Lipinski definition) is 4. The smallest absolute Gasteiger partial charge is 0.137 e. The number of anilines is 2. The third kappa shape index (κ3) is 2.53. The standard InChI is InChI=1S/C15H26N4/c1-6-12-8-7-10(4)19(12)15-11(5)13(16)17-14(18-15)9(2)3/h9-10,12H,6-8H2,1-5H3,(H2,16,17,18). The van der Waals surface area contributed by atoms with E-state index in [4.69, 9.17) is 10.7 Å². The molecule has 106 valence electrons. The number of nitrogen functional groups attached to an aromatic ring is 1. The van der Waals surface area contributed by atoms with Crippen molar-refractivity contribution in [3.05, 3.63) is 11.4 Å². The summed E-state index contributed by atoms with van der Waals surface area (Å²) in [5.41, 5.74) is 7.11. The maximum Gasteiger partial charge on any atom is 0.137 e. The first-order valence-electron chi connectivity index (χ1n) is 7.38. The predicted octanol–water partition coefficient (Wildman–Crippen LogP) is 3.26. The van der Waals surface area contributed by atoms with Gasteiger partial charge in [0.2, 0.25) is 0 Å². The van der Waals surface area contributed by atoms with E-state index < -0.39 is 0 Å². The average Bonchev–Trinajstić information content (AvgIpc) is 2.73. The van der Waals surface area contributed by atoms with Gasteiger partial charge in [0.05, 0.1) is 0 Å². The summed E-state index contributed by atoms with van der Waals surface area (Å²) in [6.45, 7) is 10.8. The molecule has 19 heavy (non-hydrogen) atoms. The first kappa shape index (κ1) is 14.1. The topological polar surface area (TPSA) is 55.0 Å². The van der Waals surface area contributed by atoms with Crippen molar-refractivity contribution in [3.63, 3.8) is 0 Å². The molecule has 1 aromatic rings. The monoisotopic (exact) mass is 262 g/mol. The van der Waals surface area contributed by atoms with Crippen molar-refractivity contribution in [3.8, 4) is 0 Å². The van der Waals surface area contributed by atoms with Crippen LogP contribution in [0.4, 0.5) is 11.6 Å². The Morgan fingerprint density at radius 2 is 2.00 bits per heavy atom. The van der Waals surface area contributed by atoms with Gasteiger partial charge in [0, 0.05) is 23.6 Å². The molecule has 4 nitrogen and oxygen atoms in total. The molecule has 0 saturated carbocycles. The summed E-state index contributed by atoms with van der Waals surface area (Å²) in [6, 6.07) is 1.13. The lowest BCUT2D eigenvalue weighted by Gasteiger charge is -2.31. The van der Waals surface area contributed by atoms with Crippen LogP contribution in [0.1, 0.15) is 64.3 Å². The van der Waals surface area contributed by atoms with Crippen molar-refractivity contribution in [1.82, 2.24) is 9.97 Å². The van der Waals surface area contributed by atoms with Gasteiger partial charge in [0.1, 0.15) is 17.5 Å². The number of hydrogen-bond donors (Lipinski definition) is 1. The molecule has 0 amide bonds. The predicted molar refractivity (Wildman–Crippen MR) is 80.5 cm³/mol. The molecule has 0 aliphatic carbocycles. The Bertz CT molecular complexity index is 456. The number of nitrogens with zero attached hydrogens (tertiary/aromatic N) is 3. The number of nitrogens with two attached hydrogens (primary N) is 1. The van der Waals surface area contributed by atoms with Gasteiger partial charge in [0.25, 0.3) is 0 Å². The first-order chi connectivity index (χ1) is 8.95. The molecule has 2 rings (SSSR count). The van der Waals surface area contributed by atoms with E-state index >= 15 is 0 Å². The molecular formula is C15H26N4. The summed E-state index contributed by atoms with van der Waals surface area (Å²) in [5.74, 6) is 2.84. The summed E-state index contributed by atoms with van der Waals surface area (Å²) in [5, 5.41) is 0. The molecule has 2 N–H and O–H groups in total. The summed E-state index contributed by atoms with van der Waals surface area (Å²) >= 11 is 0. The van der Waals surface area contributed by atoms with Crippen LogP contribution in [-0.4, -0.2) is 22.1 Å². The van der Waals surface area contributed by atoms with Crippen LogP contribution in [0.5, 0.6) is 0 Å². The van der Waals surface area contributed by atoms with E-state index in [0.29, 0.717) is 23.8 Å². The maximum atomic E-state index is 6.08. The molecule has 1 fully saturated rings. The largest absolute Gasteiger partial charge is 0.383 e. The van der Waals surface area contributed by atoms with Crippen molar-refractivity contribution in [2.45, 2.75) is 71.9 Å². The van der Waals surface area contributed by atoms with Gasteiger partial charge in [-0.3, -0.25) is 0 Å². The van der Waals surface area contributed by atoms with Gasteiger partial charge in [-0.1, -0.05) is 20.8 Å². The Labute approximate surface area is 116 Å². The summed E-state index contributed by atoms with van der Waals surface area (Å²) in [6.07, 6.45) is 3.64. The molecule has 1 aliphatic heterocycles. The molecule has 2 heterocycles. The Morgan fingerprint density at radius 3 is 2.58 bits per heavy atom. The van der Waals surface area contributed by atoms with Crippen LogP contribution < -0.4 is 10.6 Å². The van der Waals surface area contributed by atoms with E-state index in [9.17, 15) is 0 Å². The fourth-order valence-electron chi connectivity index (χ4n) is 2.90. The van der Waals surface area contributed by atoms with Crippen LogP contribution in [0.2, 0.25) is 0 Å². The fourth-order valence-corrected chi connectivity index (χ4v) is 2.90. The van der Waals surface area contributed by atoms with E-state index in [1.54, 1.807) is 0 Å². The van der Waals surface area contributed by atoms with Gasteiger partial charge < -0.3 is 10.6 Å². The van der Waals surface area contributed by atoms with Crippen LogP contribution in [0, 0.1) is 6.92 Å². The second-order valence-electron chi connectivity index (χ2n) is 5.97. The minimum atomic E-state index is 0.305. The molecular weight excluding hydrogens is 236 g/mol. The zero-order valence-electron chi connectivity index (χ0n) is 12.8. The van der Waals surface area contributed by atoms with E-state index in [-0.39, 0.29) is 0 Å². The van der Waals surface area contributed by atoms with Crippen molar-refractivity contribution >= 4 is 11.6 Å². The van der Waals surface area contributed by atoms with Crippen LogP contribution in [0.3, 0.4) is 0 Å². The highest BCUT2D eigenvalue weighted by Crippen LogP contribution is 2.34. The van der Waals surface area contributed by atoms with Crippen molar-refractivity contribution in [2.75, 3.05) is 10.6 Å². The molecule has 2 atom stereocenters. The van der Waals surface area contributed by atoms with Crippen molar-refractivity contribution in [2.24, 2.45) is 0 Å². The number of aromatic nitrogens is 2. The lowest BCUT2D eigenvalue weighted by molar-refractivity contribution is 0.614. The van der Waals surface area contributed by atoms with Crippen LogP contribution in [0.25, 0.3) is 0 Å². The summed E-state index contributed by atoms with van der Waals surface area (Å²) in [7, 11) is 0. The van der Waals surface area contributed by atoms with Gasteiger partial charge >= 0.3 is 0 Å². The van der Waals surface area contributed by atoms with Crippen molar-refractivity contribution in [1.29, 1.82) is 0 Å². The van der Waals surface area contributed by atoms with Crippen LogP contribution in [-0.2, 0) is 0 Å². The second-order valence-corrected chi connectivity index (χ2v) is 5.97. The quantitative estimate of drug-likeness (QED) is 0.908. The van der Waals surface area contributed by atoms with Gasteiger partial charge in [-0.2, -0.15) is 0 Å². The van der Waals surface area contributed by atoms with Crippen LogP contribution in [0.15, 0.2) is 0 Å². The molecule has 2 unspecified atom stereocenters. The first-order valence-corrected chi connectivity index (χ1v) is 7.38. The Morgan fingerprint density at radius 1 is 1.32 bits per heavy atom. The van der Waals surface area contributed by atoms with Gasteiger partial charge in [-0.25, -0.2) is 9.97 Å². The van der Waals surface area contributed by atoms with E-state index in [1.807, 2.05) is 6.92 Å². The molecule has 0 aromatic carbocycles. The zero-order valence-corrected chi connectivity index (χ0v) is 12.8. The van der Waals surface area contributed by atoms with Crippen molar-refractivity contribution < 1.29 is 0 Å². The van der Waals surface area contributed by atoms with Gasteiger partial charge in [-0.15, -0.1) is 0 Å². The molecule has 1 aromatic heterocycles. The van der Waals surface area contributed by atoms with E-state index in [0.717, 1.165) is 23.6 Å². The average molecular weight is 262 g/mol. The number of rotatable bonds is 3. The summed E-state index contributed by atoms with van der Waals surface area (Å²) in [4.78, 5) is 11.7. The third-order valence-electron chi connectivity index (χ3n) is 4.19. The minimum absolute atomic E-state index is 0.305. The Kier molecular flexibility index (Phi) is 3.97. The van der Waals surface area contributed by atoms with Gasteiger partial charge in [0.15, 0.2) is 0 Å². The molecule has 1 aliphatic rings. The van der Waals surface area contributed by atoms with Gasteiger partial charge in [-0.05, 0) is 33.1 Å². The molecule has 0 radical (unpaired) electrons. The molecule has 0 bridgehead atoms. The fraction of sp³-hybridized carbons (Fsp3) is 0.733. The minimum Gasteiger partial charge on any atom is -0.383 e. The Balaban J connectivity index is 2.48. The maximum absolute atomic E-state index is 6.08. The normalized spacial score (nSPS) is 23.4. The lowest BCUT2D eigenvalue weighted by atomic mass is 10.1. The molecule has 4 heteroatoms. The highest BCUT2D eigenvalue weighted by Gasteiger charge is 2.32. The molecule has 0 spiro atoms. The summed E-state index contributed by atoms with van der Waals surface area (Å²) < 4.78 is 0. The van der Waals surface area contributed by atoms with E-state index in [1.165, 1.54) is 12.8 Å². The third-order valence-corrected chi connectivity index (χ3v) is 4.19. The van der Waals surface area contributed by atoms with E-state index in [2.05, 4.69) is 37.6 Å². The SMILES string of the molecule is CCC1CCC(C)N1c1nc(C(C)C)nc(N)c1C. The highest BCUT2D eigenvalue weighted by molar-refractivity contribution is 5.58.